The Labute approximate surface area is 139 Å². The van der Waals surface area contributed by atoms with Crippen molar-refractivity contribution in [3.05, 3.63) is 49.5 Å². The summed E-state index contributed by atoms with van der Waals surface area (Å²) in [7, 11) is 0. The van der Waals surface area contributed by atoms with Crippen LogP contribution in [0, 0.1) is 0 Å². The molecule has 3 aromatic rings. The van der Waals surface area contributed by atoms with E-state index in [9.17, 15) is 9.59 Å². The second kappa shape index (κ2) is 6.99. The number of aromatic nitrogens is 3. The number of carbonyl (C=O) groups is 1. The molecule has 0 aliphatic rings. The predicted molar refractivity (Wildman–Crippen MR) is 85.9 cm³/mol. The highest BCUT2D eigenvalue weighted by Crippen LogP contribution is 2.14. The Morgan fingerprint density at radius 2 is 2.26 bits per heavy atom. The van der Waals surface area contributed by atoms with Crippen LogP contribution in [-0.4, -0.2) is 27.2 Å². The molecule has 0 amide bonds. The Balaban J connectivity index is 1.76. The first-order chi connectivity index (χ1) is 11.2. The largest absolute Gasteiger partial charge is 0.455 e. The highest BCUT2D eigenvalue weighted by Gasteiger charge is 2.12. The van der Waals surface area contributed by atoms with E-state index in [-0.39, 0.29) is 12.2 Å². The predicted octanol–water partition coefficient (Wildman–Crippen LogP) is 2.11. The molecule has 0 saturated heterocycles. The normalized spacial score (nSPS) is 11.0. The first-order valence-corrected chi connectivity index (χ1v) is 8.54. The molecule has 0 spiro atoms. The van der Waals surface area contributed by atoms with Gasteiger partial charge in [0.2, 0.25) is 4.96 Å². The van der Waals surface area contributed by atoms with E-state index in [2.05, 4.69) is 10.1 Å². The average Bonchev–Trinajstić information content (AvgIpc) is 3.20. The number of carbonyl (C=O) groups excluding carboxylic acids is 1. The van der Waals surface area contributed by atoms with Crippen molar-refractivity contribution in [1.29, 1.82) is 0 Å². The molecule has 3 heterocycles. The highest BCUT2D eigenvalue weighted by molar-refractivity contribution is 7.16. The van der Waals surface area contributed by atoms with Gasteiger partial charge in [0.15, 0.2) is 0 Å². The molecule has 0 atom stereocenters. The summed E-state index contributed by atoms with van der Waals surface area (Å²) in [5.41, 5.74) is 0.0858. The fraction of sp³-hybridized carbons (Fsp3) is 0.286. The minimum atomic E-state index is -0.427. The van der Waals surface area contributed by atoms with Crippen LogP contribution in [0.15, 0.2) is 28.4 Å². The van der Waals surface area contributed by atoms with Crippen molar-refractivity contribution in [2.75, 3.05) is 6.61 Å². The second-order valence-corrected chi connectivity index (χ2v) is 6.45. The van der Waals surface area contributed by atoms with Gasteiger partial charge in [-0.3, -0.25) is 4.79 Å². The first kappa shape index (κ1) is 15.8. The molecule has 0 aromatic carbocycles. The Bertz CT molecular complexity index is 870. The van der Waals surface area contributed by atoms with E-state index in [0.717, 1.165) is 0 Å². The van der Waals surface area contributed by atoms with E-state index < -0.39 is 5.97 Å². The number of ether oxygens (including phenoxy) is 2. The number of nitrogens with zero attached hydrogens (tertiary/aromatic N) is 3. The van der Waals surface area contributed by atoms with Gasteiger partial charge in [0, 0.05) is 12.7 Å². The summed E-state index contributed by atoms with van der Waals surface area (Å²) in [6.45, 7) is 2.74. The van der Waals surface area contributed by atoms with Gasteiger partial charge in [0.1, 0.15) is 23.1 Å². The monoisotopic (exact) mass is 351 g/mol. The first-order valence-electron chi connectivity index (χ1n) is 6.84. The van der Waals surface area contributed by atoms with Crippen molar-refractivity contribution in [2.24, 2.45) is 0 Å². The molecule has 3 aromatic heterocycles. The van der Waals surface area contributed by atoms with Gasteiger partial charge >= 0.3 is 5.97 Å². The summed E-state index contributed by atoms with van der Waals surface area (Å²) in [6.07, 6.45) is 0. The maximum absolute atomic E-state index is 12.0. The summed E-state index contributed by atoms with van der Waals surface area (Å²) in [5, 5.41) is 6.62. The number of fused-ring (bicyclic) bond motifs is 1. The molecular formula is C14H13N3O4S2. The Morgan fingerprint density at radius 3 is 3.00 bits per heavy atom. The summed E-state index contributed by atoms with van der Waals surface area (Å²) in [6, 6.07) is 4.77. The Hall–Kier alpha value is -2.10. The van der Waals surface area contributed by atoms with E-state index >= 15 is 0 Å². The van der Waals surface area contributed by atoms with Gasteiger partial charge in [0.25, 0.3) is 5.56 Å². The minimum absolute atomic E-state index is 0.0544. The zero-order valence-electron chi connectivity index (χ0n) is 12.2. The van der Waals surface area contributed by atoms with Crippen LogP contribution in [0.1, 0.15) is 27.3 Å². The van der Waals surface area contributed by atoms with E-state index in [4.69, 9.17) is 9.47 Å². The van der Waals surface area contributed by atoms with Crippen molar-refractivity contribution in [1.82, 2.24) is 14.6 Å². The third-order valence-corrected chi connectivity index (χ3v) is 4.57. The third kappa shape index (κ3) is 3.63. The molecular weight excluding hydrogens is 338 g/mol. The lowest BCUT2D eigenvalue weighted by molar-refractivity contribution is 0.0473. The zero-order valence-corrected chi connectivity index (χ0v) is 13.9. The summed E-state index contributed by atoms with van der Waals surface area (Å²) < 4.78 is 11.7. The number of rotatable bonds is 6. The third-order valence-electron chi connectivity index (χ3n) is 2.84. The maximum atomic E-state index is 12.0. The van der Waals surface area contributed by atoms with Gasteiger partial charge in [-0.25, -0.2) is 9.78 Å². The zero-order chi connectivity index (χ0) is 16.2. The second-order valence-electron chi connectivity index (χ2n) is 4.47. The van der Waals surface area contributed by atoms with Crippen LogP contribution in [0.25, 0.3) is 4.96 Å². The topological polar surface area (TPSA) is 82.8 Å². The van der Waals surface area contributed by atoms with Gasteiger partial charge in [-0.1, -0.05) is 17.4 Å². The molecule has 0 N–H and O–H groups in total. The van der Waals surface area contributed by atoms with Crippen molar-refractivity contribution in [2.45, 2.75) is 20.1 Å². The van der Waals surface area contributed by atoms with E-state index in [1.165, 1.54) is 33.3 Å². The number of hydrogen-bond acceptors (Lipinski definition) is 8. The fourth-order valence-corrected chi connectivity index (χ4v) is 3.29. The standard InChI is InChI=1S/C14H13N3O4S2/c1-2-20-8-11-16-17-12(18)6-9(15-14(17)23-11)7-21-13(19)10-4-3-5-22-10/h3-6H,2,7-8H2,1H3. The summed E-state index contributed by atoms with van der Waals surface area (Å²) in [5.74, 6) is -0.427. The number of thiophene rings is 1. The van der Waals surface area contributed by atoms with E-state index in [1.807, 2.05) is 6.92 Å². The molecule has 0 unspecified atom stereocenters. The lowest BCUT2D eigenvalue weighted by atomic mass is 10.4. The highest BCUT2D eigenvalue weighted by atomic mass is 32.1. The van der Waals surface area contributed by atoms with Crippen LogP contribution >= 0.6 is 22.7 Å². The van der Waals surface area contributed by atoms with Gasteiger partial charge in [-0.2, -0.15) is 9.61 Å². The van der Waals surface area contributed by atoms with Gasteiger partial charge < -0.3 is 9.47 Å². The molecule has 23 heavy (non-hydrogen) atoms. The average molecular weight is 351 g/mol. The molecule has 0 bridgehead atoms. The number of hydrogen-bond donors (Lipinski definition) is 0. The van der Waals surface area contributed by atoms with Crippen molar-refractivity contribution >= 4 is 33.6 Å². The molecule has 0 radical (unpaired) electrons. The van der Waals surface area contributed by atoms with Crippen LogP contribution < -0.4 is 5.56 Å². The quantitative estimate of drug-likeness (QED) is 0.633. The molecule has 9 heteroatoms. The molecule has 0 aliphatic heterocycles. The molecule has 120 valence electrons. The Morgan fingerprint density at radius 1 is 1.39 bits per heavy atom. The molecule has 7 nitrogen and oxygen atoms in total. The number of esters is 1. The lowest BCUT2D eigenvalue weighted by Crippen LogP contribution is -2.16. The van der Waals surface area contributed by atoms with E-state index in [0.29, 0.717) is 33.8 Å². The van der Waals surface area contributed by atoms with Crippen molar-refractivity contribution in [3.63, 3.8) is 0 Å². The minimum Gasteiger partial charge on any atom is -0.455 e. The molecule has 0 fully saturated rings. The van der Waals surface area contributed by atoms with Crippen LogP contribution in [0.5, 0.6) is 0 Å². The van der Waals surface area contributed by atoms with Crippen molar-refractivity contribution < 1.29 is 14.3 Å². The Kier molecular flexibility index (Phi) is 4.79. The van der Waals surface area contributed by atoms with E-state index in [1.54, 1.807) is 17.5 Å². The molecule has 3 rings (SSSR count). The van der Waals surface area contributed by atoms with Crippen LogP contribution in [0.2, 0.25) is 0 Å². The van der Waals surface area contributed by atoms with Crippen LogP contribution in [0.4, 0.5) is 0 Å². The van der Waals surface area contributed by atoms with Crippen LogP contribution in [-0.2, 0) is 22.7 Å². The van der Waals surface area contributed by atoms with Gasteiger partial charge in [-0.05, 0) is 18.4 Å². The maximum Gasteiger partial charge on any atom is 0.348 e. The summed E-state index contributed by atoms with van der Waals surface area (Å²) in [4.78, 5) is 29.1. The fourth-order valence-electron chi connectivity index (χ4n) is 1.82. The van der Waals surface area contributed by atoms with Crippen molar-refractivity contribution in [3.8, 4) is 0 Å². The summed E-state index contributed by atoms with van der Waals surface area (Å²) >= 11 is 2.58. The van der Waals surface area contributed by atoms with Gasteiger partial charge in [-0.15, -0.1) is 11.3 Å². The smallest absolute Gasteiger partial charge is 0.348 e. The SMILES string of the molecule is CCOCc1nn2c(=O)cc(COC(=O)c3cccs3)nc2s1. The van der Waals surface area contributed by atoms with Crippen LogP contribution in [0.3, 0.4) is 0 Å². The molecule has 0 saturated carbocycles. The lowest BCUT2D eigenvalue weighted by Gasteiger charge is -2.02. The van der Waals surface area contributed by atoms with Gasteiger partial charge in [0.05, 0.1) is 5.69 Å². The molecule has 0 aliphatic carbocycles.